The maximum absolute atomic E-state index is 12.6. The van der Waals surface area contributed by atoms with E-state index in [2.05, 4.69) is 11.2 Å². The molecule has 1 aromatic carbocycles. The molecule has 3 rings (SSSR count). The summed E-state index contributed by atoms with van der Waals surface area (Å²) < 4.78 is 1.41. The van der Waals surface area contributed by atoms with Crippen molar-refractivity contribution in [3.63, 3.8) is 0 Å². The Bertz CT molecular complexity index is 723. The van der Waals surface area contributed by atoms with Crippen LogP contribution in [0.4, 0.5) is 0 Å². The van der Waals surface area contributed by atoms with Gasteiger partial charge in [0, 0.05) is 19.3 Å². The summed E-state index contributed by atoms with van der Waals surface area (Å²) in [5.74, 6) is -1.09. The number of aromatic carboxylic acids is 1. The zero-order chi connectivity index (χ0) is 15.7. The minimum atomic E-state index is -1.04. The average Bonchev–Trinajstić information content (AvgIpc) is 3.03. The van der Waals surface area contributed by atoms with Gasteiger partial charge in [-0.3, -0.25) is 9.48 Å². The number of hydrogen-bond acceptors (Lipinski definition) is 3. The van der Waals surface area contributed by atoms with Crippen LogP contribution in [0.1, 0.15) is 34.5 Å². The number of carbonyl (C=O) groups is 2. The molecule has 0 saturated heterocycles. The molecule has 1 amide bonds. The fourth-order valence-corrected chi connectivity index (χ4v) is 2.72. The lowest BCUT2D eigenvalue weighted by atomic mass is 9.99. The predicted octanol–water partition coefficient (Wildman–Crippen LogP) is 1.73. The first-order chi connectivity index (χ1) is 10.6. The Balaban J connectivity index is 1.75. The number of benzene rings is 1. The average molecular weight is 299 g/mol. The van der Waals surface area contributed by atoms with Gasteiger partial charge in [0.15, 0.2) is 0 Å². The summed E-state index contributed by atoms with van der Waals surface area (Å²) in [6.07, 6.45) is 3.49. The fourth-order valence-electron chi connectivity index (χ4n) is 2.72. The van der Waals surface area contributed by atoms with Gasteiger partial charge in [0.05, 0.1) is 11.8 Å². The van der Waals surface area contributed by atoms with Crippen LogP contribution in [0, 0.1) is 0 Å². The first-order valence-corrected chi connectivity index (χ1v) is 7.19. The lowest BCUT2D eigenvalue weighted by Crippen LogP contribution is -2.39. The molecule has 1 N–H and O–H groups in total. The summed E-state index contributed by atoms with van der Waals surface area (Å²) in [5, 5.41) is 12.9. The van der Waals surface area contributed by atoms with Crippen LogP contribution in [0.25, 0.3) is 0 Å². The Morgan fingerprint density at radius 3 is 2.68 bits per heavy atom. The molecule has 0 radical (unpaired) electrons. The van der Waals surface area contributed by atoms with E-state index >= 15 is 0 Å². The highest BCUT2D eigenvalue weighted by Gasteiger charge is 2.26. The summed E-state index contributed by atoms with van der Waals surface area (Å²) in [4.78, 5) is 25.3. The van der Waals surface area contributed by atoms with Gasteiger partial charge < -0.3 is 10.0 Å². The van der Waals surface area contributed by atoms with Crippen molar-refractivity contribution in [1.82, 2.24) is 14.7 Å². The van der Waals surface area contributed by atoms with Crippen molar-refractivity contribution in [2.24, 2.45) is 0 Å². The van der Waals surface area contributed by atoms with Crippen LogP contribution in [0.2, 0.25) is 0 Å². The van der Waals surface area contributed by atoms with E-state index in [-0.39, 0.29) is 11.5 Å². The number of fused-ring (bicyclic) bond motifs is 1. The number of nitrogens with zero attached hydrogens (tertiary/aromatic N) is 3. The quantitative estimate of drug-likeness (QED) is 0.936. The van der Waals surface area contributed by atoms with Crippen LogP contribution >= 0.6 is 0 Å². The summed E-state index contributed by atoms with van der Waals surface area (Å²) in [7, 11) is 0. The Morgan fingerprint density at radius 2 is 2.00 bits per heavy atom. The lowest BCUT2D eigenvalue weighted by Gasteiger charge is -2.30. The van der Waals surface area contributed by atoms with Gasteiger partial charge in [0.2, 0.25) is 5.91 Å². The molecule has 114 valence electrons. The van der Waals surface area contributed by atoms with E-state index in [1.165, 1.54) is 28.2 Å². The van der Waals surface area contributed by atoms with Gasteiger partial charge in [-0.15, -0.1) is 0 Å². The lowest BCUT2D eigenvalue weighted by molar-refractivity contribution is -0.135. The maximum atomic E-state index is 12.6. The van der Waals surface area contributed by atoms with E-state index in [0.29, 0.717) is 13.1 Å². The second-order valence-corrected chi connectivity index (χ2v) is 5.47. The van der Waals surface area contributed by atoms with E-state index < -0.39 is 12.0 Å². The fraction of sp³-hybridized carbons (Fsp3) is 0.312. The van der Waals surface area contributed by atoms with Crippen molar-refractivity contribution in [2.45, 2.75) is 25.9 Å². The van der Waals surface area contributed by atoms with E-state index in [1.54, 1.807) is 11.8 Å². The second kappa shape index (κ2) is 5.63. The highest BCUT2D eigenvalue weighted by atomic mass is 16.4. The molecule has 2 heterocycles. The van der Waals surface area contributed by atoms with E-state index in [4.69, 9.17) is 5.11 Å². The van der Waals surface area contributed by atoms with Gasteiger partial charge in [-0.2, -0.15) is 5.10 Å². The number of hydrogen-bond donors (Lipinski definition) is 1. The Kier molecular flexibility index (Phi) is 3.66. The summed E-state index contributed by atoms with van der Waals surface area (Å²) >= 11 is 0. The zero-order valence-electron chi connectivity index (χ0n) is 12.3. The molecule has 6 nitrogen and oxygen atoms in total. The second-order valence-electron chi connectivity index (χ2n) is 5.47. The van der Waals surface area contributed by atoms with Crippen molar-refractivity contribution >= 4 is 11.9 Å². The molecule has 2 aromatic rings. The molecule has 1 aliphatic heterocycles. The Hall–Kier alpha value is -2.63. The van der Waals surface area contributed by atoms with Crippen LogP contribution in [-0.2, 0) is 17.8 Å². The SMILES string of the molecule is CC(C(=O)N1CCc2ccccc2C1)n1cc(C(=O)O)cn1. The van der Waals surface area contributed by atoms with Gasteiger partial charge in [-0.1, -0.05) is 24.3 Å². The molecule has 1 unspecified atom stereocenters. The van der Waals surface area contributed by atoms with Crippen LogP contribution in [0.3, 0.4) is 0 Å². The van der Waals surface area contributed by atoms with Crippen molar-refractivity contribution in [2.75, 3.05) is 6.54 Å². The standard InChI is InChI=1S/C16H17N3O3/c1-11(19-10-14(8-17-19)16(21)22)15(20)18-7-6-12-4-2-3-5-13(12)9-18/h2-5,8,10-11H,6-7,9H2,1H3,(H,21,22). The van der Waals surface area contributed by atoms with Crippen LogP contribution < -0.4 is 0 Å². The molecular weight excluding hydrogens is 282 g/mol. The van der Waals surface area contributed by atoms with E-state index in [1.807, 2.05) is 18.2 Å². The van der Waals surface area contributed by atoms with E-state index in [9.17, 15) is 9.59 Å². The van der Waals surface area contributed by atoms with Gasteiger partial charge in [-0.25, -0.2) is 4.79 Å². The molecule has 0 fully saturated rings. The summed E-state index contributed by atoms with van der Waals surface area (Å²) in [6.45, 7) is 3.00. The number of aromatic nitrogens is 2. The van der Waals surface area contributed by atoms with Crippen molar-refractivity contribution in [3.8, 4) is 0 Å². The first-order valence-electron chi connectivity index (χ1n) is 7.19. The third-order valence-electron chi connectivity index (χ3n) is 4.04. The number of carboxylic acids is 1. The van der Waals surface area contributed by atoms with Crippen molar-refractivity contribution in [1.29, 1.82) is 0 Å². The normalized spacial score (nSPS) is 15.2. The van der Waals surface area contributed by atoms with Gasteiger partial charge >= 0.3 is 5.97 Å². The van der Waals surface area contributed by atoms with E-state index in [0.717, 1.165) is 6.42 Å². The maximum Gasteiger partial charge on any atom is 0.338 e. The van der Waals surface area contributed by atoms with Crippen molar-refractivity contribution < 1.29 is 14.7 Å². The van der Waals surface area contributed by atoms with Crippen LogP contribution in [0.15, 0.2) is 36.7 Å². The molecule has 0 bridgehead atoms. The molecule has 0 spiro atoms. The van der Waals surface area contributed by atoms with Crippen molar-refractivity contribution in [3.05, 3.63) is 53.3 Å². The topological polar surface area (TPSA) is 75.4 Å². The highest BCUT2D eigenvalue weighted by molar-refractivity contribution is 5.87. The number of rotatable bonds is 3. The monoisotopic (exact) mass is 299 g/mol. The smallest absolute Gasteiger partial charge is 0.338 e. The van der Waals surface area contributed by atoms with Crippen LogP contribution in [-0.4, -0.2) is 38.2 Å². The third kappa shape index (κ3) is 2.59. The third-order valence-corrected chi connectivity index (χ3v) is 4.04. The Labute approximate surface area is 128 Å². The number of carbonyl (C=O) groups excluding carboxylic acids is 1. The zero-order valence-corrected chi connectivity index (χ0v) is 12.3. The summed E-state index contributed by atoms with van der Waals surface area (Å²) in [5.41, 5.74) is 2.54. The number of carboxylic acid groups (broad SMARTS) is 1. The first kappa shape index (κ1) is 14.3. The Morgan fingerprint density at radius 1 is 1.27 bits per heavy atom. The largest absolute Gasteiger partial charge is 0.478 e. The minimum Gasteiger partial charge on any atom is -0.478 e. The molecule has 6 heteroatoms. The molecular formula is C16H17N3O3. The molecule has 1 aliphatic rings. The molecule has 22 heavy (non-hydrogen) atoms. The molecule has 0 saturated carbocycles. The molecule has 1 aromatic heterocycles. The summed E-state index contributed by atoms with van der Waals surface area (Å²) in [6, 6.07) is 7.60. The minimum absolute atomic E-state index is 0.0467. The predicted molar refractivity (Wildman–Crippen MR) is 79.5 cm³/mol. The molecule has 1 atom stereocenters. The highest BCUT2D eigenvalue weighted by Crippen LogP contribution is 2.21. The van der Waals surface area contributed by atoms with Crippen LogP contribution in [0.5, 0.6) is 0 Å². The van der Waals surface area contributed by atoms with Gasteiger partial charge in [-0.05, 0) is 24.5 Å². The molecule has 0 aliphatic carbocycles. The van der Waals surface area contributed by atoms with Gasteiger partial charge in [0.25, 0.3) is 0 Å². The number of amides is 1. The van der Waals surface area contributed by atoms with Gasteiger partial charge in [0.1, 0.15) is 6.04 Å².